The number of ether oxygens (including phenoxy) is 1. The van der Waals surface area contributed by atoms with Crippen molar-refractivity contribution in [3.8, 4) is 0 Å². The Labute approximate surface area is 140 Å². The predicted octanol–water partition coefficient (Wildman–Crippen LogP) is 4.33. The molecule has 0 fully saturated rings. The fourth-order valence-electron chi connectivity index (χ4n) is 2.12. The molecule has 0 atom stereocenters. The molecule has 0 aromatic heterocycles. The Morgan fingerprint density at radius 1 is 0.739 bits per heavy atom. The van der Waals surface area contributed by atoms with Gasteiger partial charge < -0.3 is 4.74 Å². The largest absolute Gasteiger partial charge is 0.469 e. The zero-order chi connectivity index (χ0) is 17.3. The van der Waals surface area contributed by atoms with Crippen LogP contribution >= 0.6 is 0 Å². The van der Waals surface area contributed by atoms with E-state index in [1.807, 2.05) is 6.92 Å². The fourth-order valence-corrected chi connectivity index (χ4v) is 2.12. The number of allylic oxidation sites excluding steroid dienone is 4. The van der Waals surface area contributed by atoms with Gasteiger partial charge in [-0.25, -0.2) is 0 Å². The lowest BCUT2D eigenvalue weighted by Crippen LogP contribution is -1.99. The topological polar surface area (TPSA) is 60.4 Å². The first-order chi connectivity index (χ1) is 11.1. The average molecular weight is 322 g/mol. The van der Waals surface area contributed by atoms with Crippen molar-refractivity contribution in [1.82, 2.24) is 0 Å². The lowest BCUT2D eigenvalue weighted by Gasteiger charge is -2.01. The molecule has 0 aliphatic rings. The van der Waals surface area contributed by atoms with E-state index >= 15 is 0 Å². The van der Waals surface area contributed by atoms with Crippen molar-refractivity contribution in [2.24, 2.45) is 0 Å². The van der Waals surface area contributed by atoms with Gasteiger partial charge in [0.05, 0.1) is 7.11 Å². The van der Waals surface area contributed by atoms with E-state index in [1.54, 1.807) is 12.2 Å². The summed E-state index contributed by atoms with van der Waals surface area (Å²) < 4.78 is 4.58. The van der Waals surface area contributed by atoms with Gasteiger partial charge in [-0.15, -0.1) is 0 Å². The lowest BCUT2D eigenvalue weighted by atomic mass is 10.1. The van der Waals surface area contributed by atoms with Crippen LogP contribution in [-0.2, 0) is 19.1 Å². The van der Waals surface area contributed by atoms with Gasteiger partial charge in [0.15, 0.2) is 11.6 Å². The molecule has 0 rings (SSSR count). The van der Waals surface area contributed by atoms with Crippen LogP contribution in [0.25, 0.3) is 0 Å². The standard InChI is InChI=1S/C19H30O4/c1-3-12-17(20)14-10-11-15-18(21)13-8-6-4-5-7-9-16-19(22)23-2/h10-11,14-15H,3-9,12-13,16H2,1-2H3/b14-10+,15-11+. The minimum atomic E-state index is -0.146. The monoisotopic (exact) mass is 322 g/mol. The van der Waals surface area contributed by atoms with E-state index in [4.69, 9.17) is 0 Å². The second-order valence-corrected chi connectivity index (χ2v) is 5.60. The summed E-state index contributed by atoms with van der Waals surface area (Å²) in [5.74, 6) is 0.0490. The molecule has 0 unspecified atom stereocenters. The molecule has 0 amide bonds. The van der Waals surface area contributed by atoms with Gasteiger partial charge in [-0.2, -0.15) is 0 Å². The van der Waals surface area contributed by atoms with E-state index in [2.05, 4.69) is 4.74 Å². The Morgan fingerprint density at radius 2 is 1.22 bits per heavy atom. The summed E-state index contributed by atoms with van der Waals surface area (Å²) in [6, 6.07) is 0. The molecular formula is C19H30O4. The molecule has 0 bridgehead atoms. The molecule has 23 heavy (non-hydrogen) atoms. The normalized spacial score (nSPS) is 11.2. The van der Waals surface area contributed by atoms with E-state index in [0.29, 0.717) is 19.3 Å². The van der Waals surface area contributed by atoms with Crippen molar-refractivity contribution in [1.29, 1.82) is 0 Å². The Bertz CT molecular complexity index is 408. The maximum absolute atomic E-state index is 11.6. The number of esters is 1. The summed E-state index contributed by atoms with van der Waals surface area (Å²) in [5.41, 5.74) is 0. The molecule has 0 spiro atoms. The second-order valence-electron chi connectivity index (χ2n) is 5.60. The highest BCUT2D eigenvalue weighted by Crippen LogP contribution is 2.09. The molecule has 0 saturated carbocycles. The maximum Gasteiger partial charge on any atom is 0.305 e. The molecule has 4 heteroatoms. The van der Waals surface area contributed by atoms with Crippen LogP contribution in [0.1, 0.15) is 71.1 Å². The Hall–Kier alpha value is -1.71. The zero-order valence-corrected chi connectivity index (χ0v) is 14.5. The van der Waals surface area contributed by atoms with Crippen molar-refractivity contribution < 1.29 is 19.1 Å². The highest BCUT2D eigenvalue weighted by Gasteiger charge is 2.00. The third kappa shape index (κ3) is 15.0. The molecule has 4 nitrogen and oxygen atoms in total. The Kier molecular flexibility index (Phi) is 14.1. The second kappa shape index (κ2) is 15.2. The smallest absolute Gasteiger partial charge is 0.305 e. The number of rotatable bonds is 14. The average Bonchev–Trinajstić information content (AvgIpc) is 2.54. The number of carbonyl (C=O) groups is 3. The fraction of sp³-hybridized carbons (Fsp3) is 0.632. The molecule has 0 heterocycles. The van der Waals surface area contributed by atoms with Gasteiger partial charge in [-0.05, 0) is 31.4 Å². The number of methoxy groups -OCH3 is 1. The highest BCUT2D eigenvalue weighted by molar-refractivity contribution is 5.91. The van der Waals surface area contributed by atoms with E-state index in [-0.39, 0.29) is 17.5 Å². The van der Waals surface area contributed by atoms with Gasteiger partial charge in [0, 0.05) is 19.3 Å². The molecule has 0 aliphatic carbocycles. The highest BCUT2D eigenvalue weighted by atomic mass is 16.5. The van der Waals surface area contributed by atoms with Crippen LogP contribution in [0.5, 0.6) is 0 Å². The molecule has 0 N–H and O–H groups in total. The predicted molar refractivity (Wildman–Crippen MR) is 92.2 cm³/mol. The summed E-state index contributed by atoms with van der Waals surface area (Å²) in [6.45, 7) is 1.96. The van der Waals surface area contributed by atoms with Crippen molar-refractivity contribution in [3.63, 3.8) is 0 Å². The molecule has 130 valence electrons. The summed E-state index contributed by atoms with van der Waals surface area (Å²) in [4.78, 5) is 33.7. The van der Waals surface area contributed by atoms with Crippen molar-refractivity contribution in [2.75, 3.05) is 7.11 Å². The lowest BCUT2D eigenvalue weighted by molar-refractivity contribution is -0.140. The molecule has 0 aromatic carbocycles. The minimum Gasteiger partial charge on any atom is -0.469 e. The molecule has 0 saturated heterocycles. The van der Waals surface area contributed by atoms with Crippen LogP contribution in [0.4, 0.5) is 0 Å². The first-order valence-corrected chi connectivity index (χ1v) is 8.57. The quantitative estimate of drug-likeness (QED) is 0.207. The maximum atomic E-state index is 11.6. The first kappa shape index (κ1) is 21.3. The van der Waals surface area contributed by atoms with E-state index in [1.165, 1.54) is 19.3 Å². The van der Waals surface area contributed by atoms with Crippen molar-refractivity contribution in [3.05, 3.63) is 24.3 Å². The van der Waals surface area contributed by atoms with Crippen molar-refractivity contribution in [2.45, 2.75) is 71.1 Å². The third-order valence-corrected chi connectivity index (χ3v) is 3.45. The Balaban J connectivity index is 3.53. The molecular weight excluding hydrogens is 292 g/mol. The van der Waals surface area contributed by atoms with Gasteiger partial charge in [0.25, 0.3) is 0 Å². The van der Waals surface area contributed by atoms with Gasteiger partial charge in [-0.3, -0.25) is 14.4 Å². The van der Waals surface area contributed by atoms with Gasteiger partial charge in [-0.1, -0.05) is 44.8 Å². The molecule has 0 aromatic rings. The van der Waals surface area contributed by atoms with Crippen molar-refractivity contribution >= 4 is 17.5 Å². The molecule has 0 radical (unpaired) electrons. The number of unbranched alkanes of at least 4 members (excludes halogenated alkanes) is 5. The van der Waals surface area contributed by atoms with E-state index in [9.17, 15) is 14.4 Å². The summed E-state index contributed by atoms with van der Waals surface area (Å²) in [7, 11) is 1.41. The van der Waals surface area contributed by atoms with Crippen LogP contribution in [-0.4, -0.2) is 24.6 Å². The van der Waals surface area contributed by atoms with Crippen LogP contribution in [0, 0.1) is 0 Å². The third-order valence-electron chi connectivity index (χ3n) is 3.45. The summed E-state index contributed by atoms with van der Waals surface area (Å²) >= 11 is 0. The number of carbonyl (C=O) groups excluding carboxylic acids is 3. The molecule has 0 aliphatic heterocycles. The number of hydrogen-bond donors (Lipinski definition) is 0. The van der Waals surface area contributed by atoms with Crippen LogP contribution in [0.3, 0.4) is 0 Å². The van der Waals surface area contributed by atoms with E-state index in [0.717, 1.165) is 44.9 Å². The summed E-state index contributed by atoms with van der Waals surface area (Å²) in [6.07, 6.45) is 14.8. The van der Waals surface area contributed by atoms with Crippen LogP contribution in [0.15, 0.2) is 24.3 Å². The van der Waals surface area contributed by atoms with E-state index < -0.39 is 0 Å². The van der Waals surface area contributed by atoms with Gasteiger partial charge >= 0.3 is 5.97 Å². The minimum absolute atomic E-state index is 0.0943. The Morgan fingerprint density at radius 3 is 1.74 bits per heavy atom. The van der Waals surface area contributed by atoms with Crippen LogP contribution in [0.2, 0.25) is 0 Å². The summed E-state index contributed by atoms with van der Waals surface area (Å²) in [5, 5.41) is 0. The van der Waals surface area contributed by atoms with Gasteiger partial charge in [0.2, 0.25) is 0 Å². The zero-order valence-electron chi connectivity index (χ0n) is 14.5. The SMILES string of the molecule is CCCC(=O)/C=C/C=C/C(=O)CCCCCCCCC(=O)OC. The number of hydrogen-bond acceptors (Lipinski definition) is 4. The van der Waals surface area contributed by atoms with Crippen LogP contribution < -0.4 is 0 Å². The van der Waals surface area contributed by atoms with Gasteiger partial charge in [0.1, 0.15) is 0 Å². The first-order valence-electron chi connectivity index (χ1n) is 8.57. The number of ketones is 2.